The number of carbonyl (C=O) groups excluding carboxylic acids is 4. The number of para-hydroxylation sites is 4. The standard InChI is InChI=1S/C49H60N8O5/c1-5-31(3)44(48(61)50-29-42-52-38-21-13-14-22-39(38)53-42)56-46(59)35(25-33-17-9-7-10-18-33)27-37(58)28-36(26-34-19-11-8-12-20-34)47(60)57-45(32(4)6-2)49(62)51-30-43-54-40-23-15-16-24-41(40)55-43/h7-24,31-32,35-37,44-45,58H,5-6,25-30H2,1-4H3,(H,50,61)(H,51,62)(H,52,53)(H,54,55)(H,56,59)(H,57,60)/t31-,32-,35-,36+,37?,44+,45-/m0/s1. The Balaban J connectivity index is 1.16. The molecule has 13 heteroatoms. The van der Waals surface area contributed by atoms with Crippen LogP contribution in [0.2, 0.25) is 0 Å². The number of carbonyl (C=O) groups is 4. The molecule has 13 nitrogen and oxygen atoms in total. The van der Waals surface area contributed by atoms with Crippen molar-refractivity contribution in [1.82, 2.24) is 41.2 Å². The Labute approximate surface area is 363 Å². The summed E-state index contributed by atoms with van der Waals surface area (Å²) in [6.07, 6.45) is 0.923. The second-order valence-electron chi connectivity index (χ2n) is 16.5. The number of imidazole rings is 2. The molecule has 0 saturated heterocycles. The van der Waals surface area contributed by atoms with E-state index in [4.69, 9.17) is 0 Å². The highest BCUT2D eigenvalue weighted by Crippen LogP contribution is 2.24. The van der Waals surface area contributed by atoms with E-state index < -0.39 is 30.0 Å². The molecule has 0 fully saturated rings. The van der Waals surface area contributed by atoms with Gasteiger partial charge in [-0.05, 0) is 72.9 Å². The molecule has 0 bridgehead atoms. The molecule has 0 aliphatic rings. The highest BCUT2D eigenvalue weighted by Gasteiger charge is 2.34. The fourth-order valence-electron chi connectivity index (χ4n) is 7.80. The summed E-state index contributed by atoms with van der Waals surface area (Å²) in [5.41, 5.74) is 5.13. The zero-order valence-corrected chi connectivity index (χ0v) is 36.1. The summed E-state index contributed by atoms with van der Waals surface area (Å²) in [4.78, 5) is 71.7. The third-order valence-corrected chi connectivity index (χ3v) is 11.8. The molecule has 2 aromatic heterocycles. The summed E-state index contributed by atoms with van der Waals surface area (Å²) in [5.74, 6) is -2.00. The van der Waals surface area contributed by atoms with Gasteiger partial charge in [-0.1, -0.05) is 125 Å². The summed E-state index contributed by atoms with van der Waals surface area (Å²) < 4.78 is 0. The van der Waals surface area contributed by atoms with Gasteiger partial charge in [0.2, 0.25) is 23.6 Å². The molecule has 4 aromatic carbocycles. The number of aromatic nitrogens is 4. The van der Waals surface area contributed by atoms with Crippen molar-refractivity contribution in [3.05, 3.63) is 132 Å². The van der Waals surface area contributed by atoms with Gasteiger partial charge < -0.3 is 36.3 Å². The number of aliphatic hydroxyl groups excluding tert-OH is 1. The molecule has 6 rings (SSSR count). The molecule has 7 atom stereocenters. The van der Waals surface area contributed by atoms with Crippen LogP contribution in [0.3, 0.4) is 0 Å². The predicted octanol–water partition coefficient (Wildman–Crippen LogP) is 6.29. The molecular weight excluding hydrogens is 781 g/mol. The van der Waals surface area contributed by atoms with Gasteiger partial charge in [0, 0.05) is 11.8 Å². The molecule has 326 valence electrons. The van der Waals surface area contributed by atoms with Crippen molar-refractivity contribution in [3.63, 3.8) is 0 Å². The van der Waals surface area contributed by atoms with Crippen molar-refractivity contribution in [3.8, 4) is 0 Å². The number of rotatable bonds is 22. The fraction of sp³-hybridized carbons (Fsp3) is 0.388. The summed E-state index contributed by atoms with van der Waals surface area (Å²) in [6, 6.07) is 32.7. The second kappa shape index (κ2) is 22.0. The largest absolute Gasteiger partial charge is 0.393 e. The molecule has 62 heavy (non-hydrogen) atoms. The van der Waals surface area contributed by atoms with E-state index in [1.165, 1.54) is 0 Å². The Morgan fingerprint density at radius 3 is 1.29 bits per heavy atom. The van der Waals surface area contributed by atoms with Crippen molar-refractivity contribution < 1.29 is 24.3 Å². The van der Waals surface area contributed by atoms with Gasteiger partial charge in [0.25, 0.3) is 0 Å². The van der Waals surface area contributed by atoms with E-state index in [9.17, 15) is 24.3 Å². The molecule has 0 saturated carbocycles. The monoisotopic (exact) mass is 840 g/mol. The number of benzene rings is 4. The topological polar surface area (TPSA) is 194 Å². The van der Waals surface area contributed by atoms with Crippen LogP contribution < -0.4 is 21.3 Å². The summed E-state index contributed by atoms with van der Waals surface area (Å²) >= 11 is 0. The van der Waals surface area contributed by atoms with Gasteiger partial charge in [0.1, 0.15) is 23.7 Å². The molecule has 2 heterocycles. The van der Waals surface area contributed by atoms with E-state index in [1.54, 1.807) is 0 Å². The molecule has 1 unspecified atom stereocenters. The van der Waals surface area contributed by atoms with Gasteiger partial charge in [-0.2, -0.15) is 0 Å². The third kappa shape index (κ3) is 12.4. The quantitative estimate of drug-likeness (QED) is 0.0417. The van der Waals surface area contributed by atoms with Gasteiger partial charge in [0.05, 0.1) is 41.3 Å². The van der Waals surface area contributed by atoms with Crippen LogP contribution in [0.25, 0.3) is 22.1 Å². The van der Waals surface area contributed by atoms with E-state index in [-0.39, 0.29) is 61.4 Å². The number of hydrogen-bond acceptors (Lipinski definition) is 7. The minimum atomic E-state index is -1.07. The van der Waals surface area contributed by atoms with E-state index in [2.05, 4.69) is 41.2 Å². The Hall–Kier alpha value is -6.34. The van der Waals surface area contributed by atoms with Crippen molar-refractivity contribution >= 4 is 45.7 Å². The lowest BCUT2D eigenvalue weighted by Crippen LogP contribution is -2.52. The van der Waals surface area contributed by atoms with Crippen LogP contribution in [0.1, 0.15) is 76.2 Å². The number of aromatic amines is 2. The Bertz CT molecular complexity index is 2150. The van der Waals surface area contributed by atoms with E-state index in [1.807, 2.05) is 137 Å². The first-order valence-corrected chi connectivity index (χ1v) is 21.8. The number of fused-ring (bicyclic) bond motifs is 2. The molecule has 4 amide bonds. The number of aliphatic hydroxyl groups is 1. The molecule has 0 aliphatic carbocycles. The van der Waals surface area contributed by atoms with E-state index in [0.29, 0.717) is 37.3 Å². The molecule has 0 spiro atoms. The molecule has 0 radical (unpaired) electrons. The fourth-order valence-corrected chi connectivity index (χ4v) is 7.80. The van der Waals surface area contributed by atoms with Gasteiger partial charge in [-0.25, -0.2) is 9.97 Å². The van der Waals surface area contributed by atoms with Crippen LogP contribution in [-0.2, 0) is 45.1 Å². The van der Waals surface area contributed by atoms with Gasteiger partial charge in [-0.3, -0.25) is 19.2 Å². The first-order chi connectivity index (χ1) is 30.0. The second-order valence-corrected chi connectivity index (χ2v) is 16.5. The highest BCUT2D eigenvalue weighted by molar-refractivity contribution is 5.90. The van der Waals surface area contributed by atoms with Crippen LogP contribution in [0.5, 0.6) is 0 Å². The Morgan fingerprint density at radius 1 is 0.548 bits per heavy atom. The Morgan fingerprint density at radius 2 is 0.919 bits per heavy atom. The zero-order valence-electron chi connectivity index (χ0n) is 36.1. The average Bonchev–Trinajstić information content (AvgIpc) is 3.92. The maximum atomic E-state index is 14.3. The number of nitrogens with zero attached hydrogens (tertiary/aromatic N) is 2. The van der Waals surface area contributed by atoms with Crippen LogP contribution in [0.4, 0.5) is 0 Å². The maximum absolute atomic E-state index is 14.3. The highest BCUT2D eigenvalue weighted by atomic mass is 16.3. The summed E-state index contributed by atoms with van der Waals surface area (Å²) in [7, 11) is 0. The van der Waals surface area contributed by atoms with Gasteiger partial charge in [0.15, 0.2) is 0 Å². The molecule has 7 N–H and O–H groups in total. The third-order valence-electron chi connectivity index (χ3n) is 11.8. The number of nitrogens with one attached hydrogen (secondary N) is 6. The van der Waals surface area contributed by atoms with Gasteiger partial charge in [-0.15, -0.1) is 0 Å². The lowest BCUT2D eigenvalue weighted by atomic mass is 9.86. The van der Waals surface area contributed by atoms with E-state index in [0.717, 1.165) is 33.2 Å². The summed E-state index contributed by atoms with van der Waals surface area (Å²) in [5, 5.41) is 23.8. The minimum absolute atomic E-state index is 0.0416. The van der Waals surface area contributed by atoms with Crippen molar-refractivity contribution in [2.75, 3.05) is 0 Å². The maximum Gasteiger partial charge on any atom is 0.243 e. The molecular formula is C49H60N8O5. The normalized spacial score (nSPS) is 14.9. The smallest absolute Gasteiger partial charge is 0.243 e. The molecule has 6 aromatic rings. The first kappa shape index (κ1) is 45.2. The van der Waals surface area contributed by atoms with Crippen molar-refractivity contribution in [1.29, 1.82) is 0 Å². The van der Waals surface area contributed by atoms with E-state index >= 15 is 0 Å². The lowest BCUT2D eigenvalue weighted by Gasteiger charge is -2.29. The first-order valence-electron chi connectivity index (χ1n) is 21.8. The number of H-pyrrole nitrogens is 2. The van der Waals surface area contributed by atoms with Crippen molar-refractivity contribution in [2.45, 2.75) is 97.5 Å². The average molecular weight is 841 g/mol. The lowest BCUT2D eigenvalue weighted by molar-refractivity contribution is -0.134. The van der Waals surface area contributed by atoms with Crippen LogP contribution in [0, 0.1) is 23.7 Å². The van der Waals surface area contributed by atoms with Crippen LogP contribution >= 0.6 is 0 Å². The van der Waals surface area contributed by atoms with Gasteiger partial charge >= 0.3 is 0 Å². The number of amides is 4. The predicted molar refractivity (Wildman–Crippen MR) is 241 cm³/mol. The molecule has 0 aliphatic heterocycles. The summed E-state index contributed by atoms with van der Waals surface area (Å²) in [6.45, 7) is 8.10. The SMILES string of the molecule is CC[C@H](C)[C@H](NC(=O)[C@H](Cc1ccccc1)CC(O)C[C@H](Cc1ccccc1)C(=O)N[C@@H](C(=O)NCc1nc2ccccc2[nH]1)[C@@H](C)CC)C(=O)NCc1nc2ccccc2[nH]1. The van der Waals surface area contributed by atoms with Crippen LogP contribution in [-0.4, -0.2) is 66.9 Å². The van der Waals surface area contributed by atoms with Crippen LogP contribution in [0.15, 0.2) is 109 Å². The Kier molecular flexibility index (Phi) is 16.0. The zero-order chi connectivity index (χ0) is 44.0. The number of hydrogen-bond donors (Lipinski definition) is 7. The van der Waals surface area contributed by atoms with Crippen molar-refractivity contribution in [2.24, 2.45) is 23.7 Å². The minimum Gasteiger partial charge on any atom is -0.393 e.